The third-order valence-electron chi connectivity index (χ3n) is 11.1. The molecule has 0 amide bonds. The van der Waals surface area contributed by atoms with Crippen LogP contribution in [0.25, 0.3) is 99.5 Å². The zero-order chi connectivity index (χ0) is 34.6. The molecular weight excluding hydrogens is 635 g/mol. The van der Waals surface area contributed by atoms with Crippen LogP contribution in [0.4, 0.5) is 0 Å². The minimum atomic E-state index is -0.128. The van der Waals surface area contributed by atoms with Crippen LogP contribution in [0.15, 0.2) is 156 Å². The highest BCUT2D eigenvalue weighted by Crippen LogP contribution is 2.49. The lowest BCUT2D eigenvalue weighted by molar-refractivity contribution is 0.660. The molecule has 8 aromatic carbocycles. The topological polar surface area (TPSA) is 51.8 Å². The molecule has 1 aliphatic rings. The summed E-state index contributed by atoms with van der Waals surface area (Å²) in [6.07, 6.45) is 0. The van der Waals surface area contributed by atoms with Crippen molar-refractivity contribution in [2.75, 3.05) is 0 Å². The third kappa shape index (κ3) is 4.12. The molecule has 10 aromatic rings. The van der Waals surface area contributed by atoms with E-state index in [0.29, 0.717) is 17.5 Å². The van der Waals surface area contributed by atoms with E-state index in [1.165, 1.54) is 49.2 Å². The van der Waals surface area contributed by atoms with Crippen LogP contribution in [0.5, 0.6) is 0 Å². The van der Waals surface area contributed by atoms with E-state index in [4.69, 9.17) is 19.4 Å². The van der Waals surface area contributed by atoms with Gasteiger partial charge in [-0.3, -0.25) is 0 Å². The van der Waals surface area contributed by atoms with E-state index in [1.807, 2.05) is 30.3 Å². The molecule has 0 N–H and O–H groups in total. The van der Waals surface area contributed by atoms with Gasteiger partial charge in [0.1, 0.15) is 11.2 Å². The fourth-order valence-electron chi connectivity index (χ4n) is 8.59. The van der Waals surface area contributed by atoms with Gasteiger partial charge < -0.3 is 4.42 Å². The summed E-state index contributed by atoms with van der Waals surface area (Å²) in [5, 5.41) is 9.43. The number of furan rings is 1. The highest BCUT2D eigenvalue weighted by molar-refractivity contribution is 6.34. The Morgan fingerprint density at radius 2 is 0.962 bits per heavy atom. The average Bonchev–Trinajstić information content (AvgIpc) is 3.69. The van der Waals surface area contributed by atoms with Crippen molar-refractivity contribution < 1.29 is 4.42 Å². The molecule has 4 nitrogen and oxygen atoms in total. The standard InChI is InChI=1S/C48H31N3O/c1-48(2)39-18-10-8-15-33(39)34-23-21-30(27-40(34)48)47-50-45(28-12-4-3-5-13-28)49-46(51-47)29-20-22-32-36-24-25-42-44(37-17-9-11-19-41(37)52-42)43(36)35-16-7-6-14-31(35)38(32)26-29/h3-27H,1-2H3. The molecule has 0 unspecified atom stereocenters. The van der Waals surface area contributed by atoms with Gasteiger partial charge in [0.25, 0.3) is 0 Å². The molecule has 0 atom stereocenters. The van der Waals surface area contributed by atoms with Crippen molar-refractivity contribution in [3.05, 3.63) is 163 Å². The van der Waals surface area contributed by atoms with Gasteiger partial charge in [0.15, 0.2) is 17.5 Å². The first-order valence-corrected chi connectivity index (χ1v) is 17.8. The molecule has 244 valence electrons. The highest BCUT2D eigenvalue weighted by Gasteiger charge is 2.35. The predicted octanol–water partition coefficient (Wildman–Crippen LogP) is 12.5. The van der Waals surface area contributed by atoms with Crippen LogP contribution in [0, 0.1) is 0 Å². The normalized spacial score (nSPS) is 13.3. The van der Waals surface area contributed by atoms with E-state index >= 15 is 0 Å². The Balaban J connectivity index is 1.14. The Morgan fingerprint density at radius 1 is 0.385 bits per heavy atom. The number of rotatable bonds is 3. The summed E-state index contributed by atoms with van der Waals surface area (Å²) in [6, 6.07) is 53.6. The maximum atomic E-state index is 6.32. The third-order valence-corrected chi connectivity index (χ3v) is 11.1. The number of hydrogen-bond acceptors (Lipinski definition) is 4. The Morgan fingerprint density at radius 3 is 1.79 bits per heavy atom. The quantitative estimate of drug-likeness (QED) is 0.176. The summed E-state index contributed by atoms with van der Waals surface area (Å²) >= 11 is 0. The molecule has 0 radical (unpaired) electrons. The molecule has 0 saturated carbocycles. The van der Waals surface area contributed by atoms with Gasteiger partial charge in [0, 0.05) is 38.3 Å². The van der Waals surface area contributed by atoms with Gasteiger partial charge >= 0.3 is 0 Å². The van der Waals surface area contributed by atoms with Crippen LogP contribution in [-0.2, 0) is 5.41 Å². The highest BCUT2D eigenvalue weighted by atomic mass is 16.3. The summed E-state index contributed by atoms with van der Waals surface area (Å²) in [5.74, 6) is 1.96. The first kappa shape index (κ1) is 29.1. The van der Waals surface area contributed by atoms with Crippen molar-refractivity contribution in [1.82, 2.24) is 15.0 Å². The Hall–Kier alpha value is -6.65. The van der Waals surface area contributed by atoms with Gasteiger partial charge in [-0.05, 0) is 79.5 Å². The monoisotopic (exact) mass is 665 g/mol. The van der Waals surface area contributed by atoms with Crippen molar-refractivity contribution in [2.24, 2.45) is 0 Å². The molecule has 2 aromatic heterocycles. The van der Waals surface area contributed by atoms with Gasteiger partial charge in [0.05, 0.1) is 0 Å². The first-order valence-electron chi connectivity index (χ1n) is 17.8. The largest absolute Gasteiger partial charge is 0.456 e. The second-order valence-corrected chi connectivity index (χ2v) is 14.4. The molecule has 0 spiro atoms. The minimum Gasteiger partial charge on any atom is -0.456 e. The second kappa shape index (κ2) is 10.7. The van der Waals surface area contributed by atoms with Gasteiger partial charge in [-0.1, -0.05) is 135 Å². The Labute approximate surface area is 300 Å². The zero-order valence-corrected chi connectivity index (χ0v) is 28.7. The van der Waals surface area contributed by atoms with E-state index in [1.54, 1.807) is 0 Å². The smallest absolute Gasteiger partial charge is 0.164 e. The minimum absolute atomic E-state index is 0.128. The van der Waals surface area contributed by atoms with Crippen molar-refractivity contribution in [2.45, 2.75) is 19.3 Å². The Kier molecular flexibility index (Phi) is 5.98. The van der Waals surface area contributed by atoms with Crippen LogP contribution in [0.2, 0.25) is 0 Å². The number of aromatic nitrogens is 3. The molecule has 2 heterocycles. The van der Waals surface area contributed by atoms with Gasteiger partial charge in [0.2, 0.25) is 0 Å². The number of para-hydroxylation sites is 1. The van der Waals surface area contributed by atoms with Crippen LogP contribution in [0.1, 0.15) is 25.0 Å². The summed E-state index contributed by atoms with van der Waals surface area (Å²) in [7, 11) is 0. The van der Waals surface area contributed by atoms with Gasteiger partial charge in [-0.15, -0.1) is 0 Å². The summed E-state index contributed by atoms with van der Waals surface area (Å²) in [5.41, 5.74) is 9.77. The zero-order valence-electron chi connectivity index (χ0n) is 28.7. The van der Waals surface area contributed by atoms with Crippen LogP contribution in [-0.4, -0.2) is 15.0 Å². The molecule has 1 aliphatic carbocycles. The van der Waals surface area contributed by atoms with Crippen molar-refractivity contribution >= 4 is 54.3 Å². The van der Waals surface area contributed by atoms with Gasteiger partial charge in [-0.2, -0.15) is 0 Å². The van der Waals surface area contributed by atoms with Crippen molar-refractivity contribution in [3.63, 3.8) is 0 Å². The van der Waals surface area contributed by atoms with E-state index in [2.05, 4.69) is 135 Å². The SMILES string of the molecule is CC1(C)c2ccccc2-c2ccc(-c3nc(-c4ccccc4)nc(-c4ccc5c(c4)c4ccccc4c4c5ccc5oc6ccccc6c54)n3)cc21. The molecule has 11 rings (SSSR count). The molecule has 0 aliphatic heterocycles. The Bertz CT molecular complexity index is 3080. The number of fused-ring (bicyclic) bond motifs is 13. The lowest BCUT2D eigenvalue weighted by Crippen LogP contribution is -2.15. The number of hydrogen-bond donors (Lipinski definition) is 0. The van der Waals surface area contributed by atoms with Crippen LogP contribution >= 0.6 is 0 Å². The average molecular weight is 666 g/mol. The fourth-order valence-corrected chi connectivity index (χ4v) is 8.59. The maximum absolute atomic E-state index is 6.32. The summed E-state index contributed by atoms with van der Waals surface area (Å²) in [4.78, 5) is 15.4. The molecule has 4 heteroatoms. The van der Waals surface area contributed by atoms with E-state index < -0.39 is 0 Å². The summed E-state index contributed by atoms with van der Waals surface area (Å²) in [6.45, 7) is 4.61. The molecule has 0 fully saturated rings. The molecule has 0 bridgehead atoms. The second-order valence-electron chi connectivity index (χ2n) is 14.4. The van der Waals surface area contributed by atoms with Gasteiger partial charge in [-0.25, -0.2) is 15.0 Å². The molecule has 52 heavy (non-hydrogen) atoms. The van der Waals surface area contributed by atoms with E-state index in [0.717, 1.165) is 44.0 Å². The first-order chi connectivity index (χ1) is 25.5. The molecular formula is C48H31N3O. The van der Waals surface area contributed by atoms with Crippen LogP contribution in [0.3, 0.4) is 0 Å². The number of benzene rings is 8. The maximum Gasteiger partial charge on any atom is 0.164 e. The fraction of sp³-hybridized carbons (Fsp3) is 0.0625. The van der Waals surface area contributed by atoms with Crippen molar-refractivity contribution in [3.8, 4) is 45.3 Å². The number of nitrogens with zero attached hydrogens (tertiary/aromatic N) is 3. The van der Waals surface area contributed by atoms with Crippen molar-refractivity contribution in [1.29, 1.82) is 0 Å². The molecule has 0 saturated heterocycles. The lowest BCUT2D eigenvalue weighted by Gasteiger charge is -2.21. The van der Waals surface area contributed by atoms with Crippen LogP contribution < -0.4 is 0 Å². The van der Waals surface area contributed by atoms with E-state index in [9.17, 15) is 0 Å². The van der Waals surface area contributed by atoms with E-state index in [-0.39, 0.29) is 5.41 Å². The summed E-state index contributed by atoms with van der Waals surface area (Å²) < 4.78 is 6.32. The predicted molar refractivity (Wildman–Crippen MR) is 213 cm³/mol. The lowest BCUT2D eigenvalue weighted by atomic mass is 9.82.